The molecule has 0 spiro atoms. The van der Waals surface area contributed by atoms with Gasteiger partial charge in [0.2, 0.25) is 6.20 Å². The van der Waals surface area contributed by atoms with Gasteiger partial charge in [-0.05, 0) is 15.9 Å². The molecule has 0 aromatic carbocycles. The van der Waals surface area contributed by atoms with E-state index >= 15 is 0 Å². The molecule has 12 heavy (non-hydrogen) atoms. The van der Waals surface area contributed by atoms with Crippen molar-refractivity contribution in [2.45, 2.75) is 6.18 Å². The lowest BCUT2D eigenvalue weighted by Gasteiger charge is -2.04. The van der Waals surface area contributed by atoms with Crippen LogP contribution >= 0.6 is 15.9 Å². The highest BCUT2D eigenvalue weighted by Gasteiger charge is 2.40. The van der Waals surface area contributed by atoms with Crippen LogP contribution in [0.3, 0.4) is 0 Å². The quantitative estimate of drug-likeness (QED) is 0.613. The van der Waals surface area contributed by atoms with Crippen molar-refractivity contribution in [2.24, 2.45) is 14.1 Å². The normalized spacial score (nSPS) is 12.2. The van der Waals surface area contributed by atoms with Gasteiger partial charge in [0, 0.05) is 0 Å². The Balaban J connectivity index is 3.32. The molecule has 0 unspecified atom stereocenters. The summed E-state index contributed by atoms with van der Waals surface area (Å²) < 4.78 is 39.2. The summed E-state index contributed by atoms with van der Waals surface area (Å²) in [4.78, 5) is 0. The van der Waals surface area contributed by atoms with Crippen LogP contribution in [0.15, 0.2) is 10.7 Å². The van der Waals surface area contributed by atoms with Crippen molar-refractivity contribution >= 4 is 15.9 Å². The molecule has 0 amide bonds. The predicted octanol–water partition coefficient (Wildman–Crippen LogP) is 1.63. The number of alkyl halides is 3. The van der Waals surface area contributed by atoms with Crippen LogP contribution in [-0.2, 0) is 20.3 Å². The van der Waals surface area contributed by atoms with E-state index in [2.05, 4.69) is 15.9 Å². The van der Waals surface area contributed by atoms with Gasteiger partial charge in [0.15, 0.2) is 12.7 Å². The largest absolute Gasteiger partial charge is 0.438 e. The lowest BCUT2D eigenvalue weighted by atomic mass is 10.4. The van der Waals surface area contributed by atoms with Crippen LogP contribution in [0.1, 0.15) is 5.69 Å². The molecule has 0 saturated heterocycles. The Hall–Kier alpha value is -0.520. The van der Waals surface area contributed by atoms with Gasteiger partial charge in [-0.15, -0.1) is 4.68 Å². The lowest BCUT2D eigenvalue weighted by Crippen LogP contribution is -2.38. The van der Waals surface area contributed by atoms with Crippen molar-refractivity contribution in [3.8, 4) is 0 Å². The first-order chi connectivity index (χ1) is 5.34. The molecule has 68 valence electrons. The molecule has 0 saturated carbocycles. The molecular formula is C6H7BrF3N2+. The summed E-state index contributed by atoms with van der Waals surface area (Å²) in [6.07, 6.45) is -2.95. The van der Waals surface area contributed by atoms with Crippen molar-refractivity contribution in [2.75, 3.05) is 0 Å². The highest BCUT2D eigenvalue weighted by molar-refractivity contribution is 9.10. The summed E-state index contributed by atoms with van der Waals surface area (Å²) in [5, 5.41) is 0. The van der Waals surface area contributed by atoms with Crippen LogP contribution in [0.4, 0.5) is 13.2 Å². The minimum absolute atomic E-state index is 0.0556. The highest BCUT2D eigenvalue weighted by Crippen LogP contribution is 2.33. The Morgan fingerprint density at radius 2 is 2.00 bits per heavy atom. The van der Waals surface area contributed by atoms with Gasteiger partial charge in [-0.1, -0.05) is 0 Å². The van der Waals surface area contributed by atoms with Crippen molar-refractivity contribution in [3.05, 3.63) is 16.4 Å². The summed E-state index contributed by atoms with van der Waals surface area (Å²) in [7, 11) is 2.90. The fraction of sp³-hybridized carbons (Fsp3) is 0.500. The maximum atomic E-state index is 12.3. The van der Waals surface area contributed by atoms with Gasteiger partial charge in [0.05, 0.1) is 7.05 Å². The van der Waals surface area contributed by atoms with E-state index in [4.69, 9.17) is 0 Å². The first-order valence-corrected chi connectivity index (χ1v) is 3.91. The third-order valence-corrected chi connectivity index (χ3v) is 2.17. The van der Waals surface area contributed by atoms with Gasteiger partial charge >= 0.3 is 6.18 Å². The zero-order valence-corrected chi connectivity index (χ0v) is 8.07. The maximum Gasteiger partial charge on any atom is 0.438 e. The van der Waals surface area contributed by atoms with E-state index in [0.29, 0.717) is 0 Å². The lowest BCUT2D eigenvalue weighted by molar-refractivity contribution is -0.752. The van der Waals surface area contributed by atoms with Crippen LogP contribution in [0, 0.1) is 0 Å². The molecule has 6 heteroatoms. The molecule has 1 aromatic rings. The molecule has 0 bridgehead atoms. The molecule has 0 aliphatic heterocycles. The van der Waals surface area contributed by atoms with Crippen LogP contribution in [0.5, 0.6) is 0 Å². The Bertz CT molecular complexity index is 302. The average Bonchev–Trinajstić information content (AvgIpc) is 2.05. The van der Waals surface area contributed by atoms with E-state index in [1.807, 2.05) is 0 Å². The third-order valence-electron chi connectivity index (χ3n) is 1.59. The molecule has 0 fully saturated rings. The van der Waals surface area contributed by atoms with Gasteiger partial charge in [0.1, 0.15) is 4.47 Å². The highest BCUT2D eigenvalue weighted by atomic mass is 79.9. The van der Waals surface area contributed by atoms with Gasteiger partial charge in [-0.3, -0.25) is 0 Å². The molecular weight excluding hydrogens is 237 g/mol. The van der Waals surface area contributed by atoms with Crippen molar-refractivity contribution in [3.63, 3.8) is 0 Å². The van der Waals surface area contributed by atoms with E-state index in [1.54, 1.807) is 7.05 Å². The number of aryl methyl sites for hydroxylation is 1. The number of nitrogens with zero attached hydrogens (tertiary/aromatic N) is 2. The Morgan fingerprint density at radius 3 is 2.17 bits per heavy atom. The second-order valence-corrected chi connectivity index (χ2v) is 3.28. The minimum Gasteiger partial charge on any atom is -0.164 e. The Morgan fingerprint density at radius 1 is 1.50 bits per heavy atom. The summed E-state index contributed by atoms with van der Waals surface area (Å²) in [6, 6.07) is 0. The zero-order valence-electron chi connectivity index (χ0n) is 6.48. The number of aromatic nitrogens is 2. The Labute approximate surface area is 75.7 Å². The van der Waals surface area contributed by atoms with E-state index in [1.165, 1.54) is 17.9 Å². The van der Waals surface area contributed by atoms with Crippen molar-refractivity contribution < 1.29 is 17.9 Å². The number of halogens is 4. The second kappa shape index (κ2) is 2.76. The SMILES string of the molecule is Cn1c(C(F)(F)F)c(Br)c[n+]1C. The summed E-state index contributed by atoms with van der Waals surface area (Å²) >= 11 is 2.84. The average molecular weight is 244 g/mol. The predicted molar refractivity (Wildman–Crippen MR) is 39.3 cm³/mol. The molecule has 1 aromatic heterocycles. The van der Waals surface area contributed by atoms with E-state index < -0.39 is 11.9 Å². The van der Waals surface area contributed by atoms with Gasteiger partial charge in [0.25, 0.3) is 0 Å². The maximum absolute atomic E-state index is 12.3. The van der Waals surface area contributed by atoms with E-state index in [9.17, 15) is 13.2 Å². The second-order valence-electron chi connectivity index (χ2n) is 2.42. The van der Waals surface area contributed by atoms with Crippen molar-refractivity contribution in [1.29, 1.82) is 0 Å². The van der Waals surface area contributed by atoms with Gasteiger partial charge in [-0.25, -0.2) is 0 Å². The molecule has 0 radical (unpaired) electrons. The molecule has 0 aliphatic carbocycles. The number of hydrogen-bond donors (Lipinski definition) is 0. The van der Waals surface area contributed by atoms with Crippen molar-refractivity contribution in [1.82, 2.24) is 4.68 Å². The standard InChI is InChI=1S/C6H7BrF3N2/c1-11-3-4(7)5(12(11)2)6(8,9)10/h3H,1-2H3/q+1. The molecule has 0 N–H and O–H groups in total. The van der Waals surface area contributed by atoms with Crippen LogP contribution in [0.2, 0.25) is 0 Å². The molecule has 2 nitrogen and oxygen atoms in total. The smallest absolute Gasteiger partial charge is 0.164 e. The fourth-order valence-corrected chi connectivity index (χ4v) is 1.72. The summed E-state index contributed by atoms with van der Waals surface area (Å²) in [6.45, 7) is 0. The van der Waals surface area contributed by atoms with Crippen LogP contribution in [-0.4, -0.2) is 4.68 Å². The zero-order chi connectivity index (χ0) is 9.52. The first kappa shape index (κ1) is 9.57. The topological polar surface area (TPSA) is 8.81 Å². The van der Waals surface area contributed by atoms with E-state index in [0.717, 1.165) is 4.68 Å². The summed E-state index contributed by atoms with van der Waals surface area (Å²) in [5.74, 6) is 0. The number of hydrogen-bond acceptors (Lipinski definition) is 0. The molecule has 0 aliphatic rings. The minimum atomic E-state index is -4.31. The third kappa shape index (κ3) is 1.48. The van der Waals surface area contributed by atoms with Gasteiger partial charge in [-0.2, -0.15) is 17.9 Å². The monoisotopic (exact) mass is 243 g/mol. The number of rotatable bonds is 0. The Kier molecular flexibility index (Phi) is 2.20. The van der Waals surface area contributed by atoms with Crippen LogP contribution < -0.4 is 4.68 Å². The summed E-state index contributed by atoms with van der Waals surface area (Å²) in [5.41, 5.74) is -0.676. The van der Waals surface area contributed by atoms with Gasteiger partial charge < -0.3 is 0 Å². The molecule has 1 heterocycles. The molecule has 1 rings (SSSR count). The van der Waals surface area contributed by atoms with Crippen LogP contribution in [0.25, 0.3) is 0 Å². The van der Waals surface area contributed by atoms with E-state index in [-0.39, 0.29) is 4.47 Å². The first-order valence-electron chi connectivity index (χ1n) is 3.12. The molecule has 0 atom stereocenters. The fourth-order valence-electron chi connectivity index (χ4n) is 0.943.